The van der Waals surface area contributed by atoms with E-state index in [2.05, 4.69) is 13.8 Å². The standard InChI is InChI=1S/C21H41NO4/c1-6-7-8-9-10-13-18(2)14-11-12-15-21(25)26-19(16-20(23)24)17-22(3,4)5/h18-19H,6-17H2,1-5H3. The number of carboxylic acid groups (broad SMARTS) is 1. The number of quaternary nitrogens is 1. The molecule has 0 fully saturated rings. The molecule has 0 bridgehead atoms. The van der Waals surface area contributed by atoms with E-state index in [1.165, 1.54) is 38.5 Å². The Balaban J connectivity index is 3.92. The molecule has 154 valence electrons. The molecule has 5 heteroatoms. The number of esters is 1. The first-order chi connectivity index (χ1) is 12.1. The number of aliphatic carboxylic acids is 1. The zero-order valence-corrected chi connectivity index (χ0v) is 17.7. The van der Waals surface area contributed by atoms with Crippen LogP contribution in [0, 0.1) is 5.92 Å². The van der Waals surface area contributed by atoms with E-state index in [1.54, 1.807) is 0 Å². The lowest BCUT2D eigenvalue weighted by molar-refractivity contribution is -0.873. The highest BCUT2D eigenvalue weighted by Gasteiger charge is 2.22. The third-order valence-corrected chi connectivity index (χ3v) is 4.57. The van der Waals surface area contributed by atoms with Crippen molar-refractivity contribution in [3.8, 4) is 0 Å². The van der Waals surface area contributed by atoms with Crippen molar-refractivity contribution in [3.05, 3.63) is 0 Å². The Morgan fingerprint density at radius 1 is 0.962 bits per heavy atom. The minimum absolute atomic E-state index is 0.240. The number of hydrogen-bond acceptors (Lipinski definition) is 4. The number of ether oxygens (including phenoxy) is 1. The molecule has 0 aromatic heterocycles. The van der Waals surface area contributed by atoms with Gasteiger partial charge in [0.2, 0.25) is 0 Å². The Kier molecular flexibility index (Phi) is 13.4. The molecule has 0 heterocycles. The number of carbonyl (C=O) groups is 2. The molecule has 0 radical (unpaired) electrons. The summed E-state index contributed by atoms with van der Waals surface area (Å²) < 4.78 is 5.91. The monoisotopic (exact) mass is 371 g/mol. The lowest BCUT2D eigenvalue weighted by Gasteiger charge is -2.29. The summed E-state index contributed by atoms with van der Waals surface area (Å²) in [6, 6.07) is 0. The molecular weight excluding hydrogens is 330 g/mol. The molecule has 0 saturated carbocycles. The van der Waals surface area contributed by atoms with Gasteiger partial charge in [-0.3, -0.25) is 4.79 Å². The fourth-order valence-electron chi connectivity index (χ4n) is 3.19. The summed E-state index contributed by atoms with van der Waals surface area (Å²) in [4.78, 5) is 22.8. The van der Waals surface area contributed by atoms with Crippen LogP contribution < -0.4 is 5.11 Å². The van der Waals surface area contributed by atoms with Gasteiger partial charge in [0.1, 0.15) is 6.54 Å². The second-order valence-corrected chi connectivity index (χ2v) is 8.71. The van der Waals surface area contributed by atoms with E-state index in [9.17, 15) is 14.7 Å². The van der Waals surface area contributed by atoms with Crippen LogP contribution in [0.2, 0.25) is 0 Å². The Labute approximate surface area is 160 Å². The summed E-state index contributed by atoms with van der Waals surface area (Å²) >= 11 is 0. The molecule has 0 saturated heterocycles. The zero-order valence-electron chi connectivity index (χ0n) is 17.7. The van der Waals surface area contributed by atoms with Crippen LogP contribution in [0.25, 0.3) is 0 Å². The first-order valence-electron chi connectivity index (χ1n) is 10.3. The Morgan fingerprint density at radius 3 is 2.08 bits per heavy atom. The van der Waals surface area contributed by atoms with Gasteiger partial charge < -0.3 is 19.1 Å². The van der Waals surface area contributed by atoms with Crippen LogP contribution in [0.1, 0.15) is 84.5 Å². The van der Waals surface area contributed by atoms with Gasteiger partial charge in [-0.15, -0.1) is 0 Å². The highest BCUT2D eigenvalue weighted by atomic mass is 16.5. The topological polar surface area (TPSA) is 66.4 Å². The van der Waals surface area contributed by atoms with Gasteiger partial charge in [-0.2, -0.15) is 0 Å². The summed E-state index contributed by atoms with van der Waals surface area (Å²) in [7, 11) is 5.83. The number of carboxylic acids is 1. The maximum atomic E-state index is 12.0. The smallest absolute Gasteiger partial charge is 0.306 e. The molecule has 0 aliphatic heterocycles. The van der Waals surface area contributed by atoms with Gasteiger partial charge in [0.05, 0.1) is 21.1 Å². The lowest BCUT2D eigenvalue weighted by Crippen LogP contribution is -2.45. The normalized spacial score (nSPS) is 14.0. The largest absolute Gasteiger partial charge is 0.550 e. The van der Waals surface area contributed by atoms with E-state index in [-0.39, 0.29) is 12.4 Å². The third kappa shape index (κ3) is 16.4. The molecule has 5 nitrogen and oxygen atoms in total. The molecule has 0 rings (SSSR count). The fourth-order valence-corrected chi connectivity index (χ4v) is 3.19. The third-order valence-electron chi connectivity index (χ3n) is 4.57. The number of unbranched alkanes of at least 4 members (excludes halogenated alkanes) is 5. The summed E-state index contributed by atoms with van der Waals surface area (Å²) in [6.07, 6.45) is 10.3. The predicted octanol–water partition coefficient (Wildman–Crippen LogP) is 3.30. The first kappa shape index (κ1) is 24.9. The molecule has 0 aromatic rings. The van der Waals surface area contributed by atoms with E-state index in [0.29, 0.717) is 23.4 Å². The Bertz CT molecular complexity index is 390. The van der Waals surface area contributed by atoms with Crippen molar-refractivity contribution in [3.63, 3.8) is 0 Å². The summed E-state index contributed by atoms with van der Waals surface area (Å²) in [5.41, 5.74) is 0. The van der Waals surface area contributed by atoms with Crippen LogP contribution in [-0.4, -0.2) is 50.2 Å². The van der Waals surface area contributed by atoms with Crippen LogP contribution in [0.4, 0.5) is 0 Å². The van der Waals surface area contributed by atoms with Gasteiger partial charge in [0, 0.05) is 18.8 Å². The minimum Gasteiger partial charge on any atom is -0.550 e. The van der Waals surface area contributed by atoms with E-state index in [1.807, 2.05) is 21.1 Å². The number of rotatable bonds is 16. The van der Waals surface area contributed by atoms with Crippen LogP contribution in [0.3, 0.4) is 0 Å². The highest BCUT2D eigenvalue weighted by molar-refractivity contribution is 5.70. The molecule has 2 unspecified atom stereocenters. The molecule has 0 aliphatic rings. The molecule has 0 amide bonds. The number of nitrogens with zero attached hydrogens (tertiary/aromatic N) is 1. The first-order valence-corrected chi connectivity index (χ1v) is 10.3. The zero-order chi connectivity index (χ0) is 20.0. The van der Waals surface area contributed by atoms with Gasteiger partial charge in [-0.1, -0.05) is 65.2 Å². The van der Waals surface area contributed by atoms with Gasteiger partial charge in [0.15, 0.2) is 6.10 Å². The van der Waals surface area contributed by atoms with Crippen molar-refractivity contribution in [1.29, 1.82) is 0 Å². The van der Waals surface area contributed by atoms with E-state index in [0.717, 1.165) is 19.3 Å². The van der Waals surface area contributed by atoms with Crippen molar-refractivity contribution in [2.24, 2.45) is 5.92 Å². The quantitative estimate of drug-likeness (QED) is 0.237. The van der Waals surface area contributed by atoms with Crippen LogP contribution in [-0.2, 0) is 14.3 Å². The molecule has 0 aliphatic carbocycles. The lowest BCUT2D eigenvalue weighted by atomic mass is 9.96. The molecule has 0 N–H and O–H groups in total. The van der Waals surface area contributed by atoms with Gasteiger partial charge >= 0.3 is 5.97 Å². The fraction of sp³-hybridized carbons (Fsp3) is 0.905. The highest BCUT2D eigenvalue weighted by Crippen LogP contribution is 2.18. The van der Waals surface area contributed by atoms with Crippen LogP contribution >= 0.6 is 0 Å². The van der Waals surface area contributed by atoms with E-state index >= 15 is 0 Å². The van der Waals surface area contributed by atoms with E-state index < -0.39 is 12.1 Å². The average Bonchev–Trinajstić information content (AvgIpc) is 2.49. The second-order valence-electron chi connectivity index (χ2n) is 8.71. The average molecular weight is 372 g/mol. The molecule has 0 spiro atoms. The van der Waals surface area contributed by atoms with E-state index in [4.69, 9.17) is 4.74 Å². The van der Waals surface area contributed by atoms with Crippen LogP contribution in [0.15, 0.2) is 0 Å². The maximum Gasteiger partial charge on any atom is 0.306 e. The number of hydrogen-bond donors (Lipinski definition) is 0. The number of carbonyl (C=O) groups excluding carboxylic acids is 2. The SMILES string of the molecule is CCCCCCCC(C)CCCCC(=O)OC(CC(=O)[O-])C[N+](C)(C)C. The van der Waals surface area contributed by atoms with Crippen molar-refractivity contribution >= 4 is 11.9 Å². The van der Waals surface area contributed by atoms with Crippen molar-refractivity contribution in [2.75, 3.05) is 27.7 Å². The predicted molar refractivity (Wildman–Crippen MR) is 103 cm³/mol. The van der Waals surface area contributed by atoms with Crippen LogP contribution in [0.5, 0.6) is 0 Å². The van der Waals surface area contributed by atoms with Crippen molar-refractivity contribution in [1.82, 2.24) is 0 Å². The number of likely N-dealkylation sites (N-methyl/N-ethyl adjacent to an activating group) is 1. The minimum atomic E-state index is -1.18. The Hall–Kier alpha value is -1.10. The summed E-state index contributed by atoms with van der Waals surface area (Å²) in [6.45, 7) is 4.99. The second kappa shape index (κ2) is 14.0. The van der Waals surface area contributed by atoms with Gasteiger partial charge in [-0.25, -0.2) is 0 Å². The maximum absolute atomic E-state index is 12.0. The van der Waals surface area contributed by atoms with Crippen molar-refractivity contribution < 1.29 is 23.9 Å². The molecule has 0 aromatic carbocycles. The van der Waals surface area contributed by atoms with Gasteiger partial charge in [-0.05, 0) is 12.3 Å². The Morgan fingerprint density at radius 2 is 1.54 bits per heavy atom. The summed E-state index contributed by atoms with van der Waals surface area (Å²) in [5.74, 6) is -0.766. The summed E-state index contributed by atoms with van der Waals surface area (Å²) in [5, 5.41) is 10.8. The molecular formula is C21H41NO4. The molecule has 2 atom stereocenters. The molecule has 26 heavy (non-hydrogen) atoms. The van der Waals surface area contributed by atoms with Crippen molar-refractivity contribution in [2.45, 2.75) is 90.6 Å². The van der Waals surface area contributed by atoms with Gasteiger partial charge in [0.25, 0.3) is 0 Å².